The minimum atomic E-state index is -4.34. The van der Waals surface area contributed by atoms with E-state index in [0.29, 0.717) is 35.9 Å². The number of aromatic nitrogens is 1. The summed E-state index contributed by atoms with van der Waals surface area (Å²) in [5.41, 5.74) is 0.262. The Hall–Kier alpha value is -3.28. The number of carbonyl (C=O) groups excluding carboxylic acids is 3. The number of anilines is 1. The van der Waals surface area contributed by atoms with Gasteiger partial charge in [0.2, 0.25) is 5.91 Å². The lowest BCUT2D eigenvalue weighted by Gasteiger charge is -2.26. The summed E-state index contributed by atoms with van der Waals surface area (Å²) in [5.74, 6) is -1.27. The molecule has 10 nitrogen and oxygen atoms in total. The molecule has 0 bridgehead atoms. The van der Waals surface area contributed by atoms with Crippen molar-refractivity contribution in [3.8, 4) is 0 Å². The van der Waals surface area contributed by atoms with Gasteiger partial charge in [0.15, 0.2) is 0 Å². The summed E-state index contributed by atoms with van der Waals surface area (Å²) in [6, 6.07) is 8.09. The molecule has 0 spiro atoms. The molecule has 1 fully saturated rings. The number of rotatable bonds is 7. The van der Waals surface area contributed by atoms with Gasteiger partial charge in [-0.3, -0.25) is 18.7 Å². The first kappa shape index (κ1) is 30.7. The second-order valence-corrected chi connectivity index (χ2v) is 13.6. The molecule has 41 heavy (non-hydrogen) atoms. The predicted molar refractivity (Wildman–Crippen MR) is 158 cm³/mol. The Kier molecular flexibility index (Phi) is 8.63. The van der Waals surface area contributed by atoms with Crippen molar-refractivity contribution < 1.29 is 27.5 Å². The van der Waals surface area contributed by atoms with Crippen LogP contribution in [0.3, 0.4) is 0 Å². The number of hydrogen-bond donors (Lipinski definition) is 1. The standard InChI is InChI=1S/C28H32Cl2N4O6S/c1-28(2,3)40-25(35)16-34(41(38,39)20-12-17(29)11-18(30)13-20)19-8-9-21-22(15-32(5)24(21)14-19)27(37)33-10-6-7-23(33)26(36)31-4/h8-9,11-15,23H,6-7,10,16H2,1-5H3,(H,31,36). The van der Waals surface area contributed by atoms with E-state index in [2.05, 4.69) is 5.32 Å². The van der Waals surface area contributed by atoms with Crippen LogP contribution in [0, 0.1) is 0 Å². The number of esters is 1. The Balaban J connectivity index is 1.79. The monoisotopic (exact) mass is 622 g/mol. The molecule has 3 aromatic rings. The fraction of sp³-hybridized carbons (Fsp3) is 0.393. The molecule has 1 saturated heterocycles. The largest absolute Gasteiger partial charge is 0.459 e. The first-order valence-corrected chi connectivity index (χ1v) is 15.1. The molecule has 220 valence electrons. The molecule has 1 atom stereocenters. The molecule has 0 saturated carbocycles. The normalized spacial score (nSPS) is 15.7. The maximum atomic E-state index is 13.9. The molecule has 1 aromatic heterocycles. The second-order valence-electron chi connectivity index (χ2n) is 10.8. The van der Waals surface area contributed by atoms with Crippen molar-refractivity contribution in [2.75, 3.05) is 24.4 Å². The summed E-state index contributed by atoms with van der Waals surface area (Å²) in [6.07, 6.45) is 2.94. The van der Waals surface area contributed by atoms with E-state index in [1.807, 2.05) is 0 Å². The number of nitrogens with zero attached hydrogens (tertiary/aromatic N) is 3. The fourth-order valence-corrected chi connectivity index (χ4v) is 7.04. The van der Waals surface area contributed by atoms with Crippen molar-refractivity contribution in [1.82, 2.24) is 14.8 Å². The van der Waals surface area contributed by atoms with Crippen LogP contribution < -0.4 is 9.62 Å². The summed E-state index contributed by atoms with van der Waals surface area (Å²) < 4.78 is 35.8. The smallest absolute Gasteiger partial charge is 0.327 e. The van der Waals surface area contributed by atoms with E-state index in [-0.39, 0.29) is 32.4 Å². The number of sulfonamides is 1. The summed E-state index contributed by atoms with van der Waals surface area (Å²) in [4.78, 5) is 40.1. The van der Waals surface area contributed by atoms with Crippen LogP contribution in [0.5, 0.6) is 0 Å². The van der Waals surface area contributed by atoms with Crippen LogP contribution in [0.25, 0.3) is 10.9 Å². The van der Waals surface area contributed by atoms with Gasteiger partial charge in [-0.25, -0.2) is 8.42 Å². The van der Waals surface area contributed by atoms with E-state index in [1.54, 1.807) is 55.6 Å². The van der Waals surface area contributed by atoms with E-state index in [9.17, 15) is 22.8 Å². The predicted octanol–water partition coefficient (Wildman–Crippen LogP) is 4.37. The topological polar surface area (TPSA) is 118 Å². The number of fused-ring (bicyclic) bond motifs is 1. The Morgan fingerprint density at radius 3 is 2.37 bits per heavy atom. The van der Waals surface area contributed by atoms with Gasteiger partial charge in [0.25, 0.3) is 15.9 Å². The summed E-state index contributed by atoms with van der Waals surface area (Å²) in [6.45, 7) is 4.89. The number of likely N-dealkylation sites (N-methyl/N-ethyl adjacent to an activating group) is 1. The van der Waals surface area contributed by atoms with Gasteiger partial charge < -0.3 is 19.5 Å². The maximum Gasteiger partial charge on any atom is 0.327 e. The van der Waals surface area contributed by atoms with E-state index in [1.165, 1.54) is 31.3 Å². The average Bonchev–Trinajstić information content (AvgIpc) is 3.49. The average molecular weight is 624 g/mol. The van der Waals surface area contributed by atoms with Crippen molar-refractivity contribution in [1.29, 1.82) is 0 Å². The zero-order valence-corrected chi connectivity index (χ0v) is 25.7. The molecule has 1 N–H and O–H groups in total. The lowest BCUT2D eigenvalue weighted by atomic mass is 10.1. The Labute approximate surface area is 249 Å². The van der Waals surface area contributed by atoms with Crippen LogP contribution in [0.4, 0.5) is 5.69 Å². The lowest BCUT2D eigenvalue weighted by molar-refractivity contribution is -0.152. The quantitative estimate of drug-likeness (QED) is 0.391. The Morgan fingerprint density at radius 1 is 1.10 bits per heavy atom. The van der Waals surface area contributed by atoms with E-state index < -0.39 is 34.2 Å². The third kappa shape index (κ3) is 6.47. The Morgan fingerprint density at radius 2 is 1.76 bits per heavy atom. The molecular formula is C28H32Cl2N4O6S. The van der Waals surface area contributed by atoms with Crippen molar-refractivity contribution in [2.24, 2.45) is 7.05 Å². The molecule has 1 aliphatic rings. The van der Waals surface area contributed by atoms with Crippen LogP contribution in [0.1, 0.15) is 44.0 Å². The first-order valence-electron chi connectivity index (χ1n) is 12.9. The molecular weight excluding hydrogens is 591 g/mol. The van der Waals surface area contributed by atoms with Gasteiger partial charge in [-0.1, -0.05) is 23.2 Å². The van der Waals surface area contributed by atoms with Crippen LogP contribution in [-0.4, -0.2) is 67.4 Å². The van der Waals surface area contributed by atoms with Gasteiger partial charge in [0.1, 0.15) is 18.2 Å². The van der Waals surface area contributed by atoms with Crippen molar-refractivity contribution in [3.63, 3.8) is 0 Å². The van der Waals surface area contributed by atoms with Gasteiger partial charge in [-0.05, 0) is 70.0 Å². The van der Waals surface area contributed by atoms with Crippen molar-refractivity contribution in [2.45, 2.75) is 50.2 Å². The van der Waals surface area contributed by atoms with Crippen molar-refractivity contribution >= 4 is 67.6 Å². The van der Waals surface area contributed by atoms with Crippen LogP contribution in [0.15, 0.2) is 47.5 Å². The van der Waals surface area contributed by atoms with Gasteiger partial charge in [0, 0.05) is 42.3 Å². The van der Waals surface area contributed by atoms with Gasteiger partial charge in [-0.2, -0.15) is 0 Å². The van der Waals surface area contributed by atoms with Gasteiger partial charge >= 0.3 is 5.97 Å². The number of carbonyl (C=O) groups is 3. The highest BCUT2D eigenvalue weighted by molar-refractivity contribution is 7.92. The third-order valence-corrected chi connectivity index (χ3v) is 8.86. The van der Waals surface area contributed by atoms with Crippen molar-refractivity contribution in [3.05, 3.63) is 58.2 Å². The number of likely N-dealkylation sites (tertiary alicyclic amines) is 1. The number of aryl methyl sites for hydroxylation is 1. The van der Waals surface area contributed by atoms with Crippen LogP contribution in [-0.2, 0) is 31.4 Å². The van der Waals surface area contributed by atoms with Gasteiger partial charge in [0.05, 0.1) is 21.7 Å². The van der Waals surface area contributed by atoms with E-state index >= 15 is 0 Å². The minimum absolute atomic E-state index is 0.117. The molecule has 1 aliphatic heterocycles. The SMILES string of the molecule is CNC(=O)C1CCCN1C(=O)c1cn(C)c2cc(N(CC(=O)OC(C)(C)C)S(=O)(=O)c3cc(Cl)cc(Cl)c3)ccc12. The molecule has 0 radical (unpaired) electrons. The molecule has 2 heterocycles. The lowest BCUT2D eigenvalue weighted by Crippen LogP contribution is -2.44. The molecule has 2 amide bonds. The Bertz CT molecular complexity index is 1610. The maximum absolute atomic E-state index is 13.9. The van der Waals surface area contributed by atoms with E-state index in [0.717, 1.165) is 4.31 Å². The van der Waals surface area contributed by atoms with E-state index in [4.69, 9.17) is 27.9 Å². The number of ether oxygens (including phenoxy) is 1. The minimum Gasteiger partial charge on any atom is -0.459 e. The summed E-state index contributed by atoms with van der Waals surface area (Å²) in [7, 11) is -1.07. The fourth-order valence-electron chi connectivity index (χ4n) is 4.91. The van der Waals surface area contributed by atoms with Crippen LogP contribution in [0.2, 0.25) is 10.0 Å². The number of hydrogen-bond acceptors (Lipinski definition) is 6. The van der Waals surface area contributed by atoms with Crippen LogP contribution >= 0.6 is 23.2 Å². The van der Waals surface area contributed by atoms with Gasteiger partial charge in [-0.15, -0.1) is 0 Å². The molecule has 13 heteroatoms. The third-order valence-electron chi connectivity index (χ3n) is 6.67. The number of nitrogens with one attached hydrogen (secondary N) is 1. The summed E-state index contributed by atoms with van der Waals surface area (Å²) >= 11 is 12.2. The zero-order valence-electron chi connectivity index (χ0n) is 23.4. The highest BCUT2D eigenvalue weighted by Crippen LogP contribution is 2.33. The second kappa shape index (κ2) is 11.5. The highest BCUT2D eigenvalue weighted by atomic mass is 35.5. The number of benzene rings is 2. The molecule has 4 rings (SSSR count). The molecule has 1 unspecified atom stereocenters. The molecule has 2 aromatic carbocycles. The molecule has 0 aliphatic carbocycles. The number of halogens is 2. The first-order chi connectivity index (χ1) is 19.1. The highest BCUT2D eigenvalue weighted by Gasteiger charge is 2.35. The number of amides is 2. The zero-order chi connectivity index (χ0) is 30.3. The summed E-state index contributed by atoms with van der Waals surface area (Å²) in [5, 5.41) is 3.42.